The summed E-state index contributed by atoms with van der Waals surface area (Å²) < 4.78 is 0. The van der Waals surface area contributed by atoms with Crippen molar-refractivity contribution < 1.29 is 4.79 Å². The van der Waals surface area contributed by atoms with E-state index < -0.39 is 0 Å². The van der Waals surface area contributed by atoms with Gasteiger partial charge in [-0.2, -0.15) is 0 Å². The molecule has 1 aromatic rings. The Morgan fingerprint density at radius 1 is 1.03 bits per heavy atom. The second-order valence-electron chi connectivity index (χ2n) is 11.0. The third-order valence-electron chi connectivity index (χ3n) is 9.75. The molecule has 0 unspecified atom stereocenters. The average molecular weight is 420 g/mol. The van der Waals surface area contributed by atoms with Crippen LogP contribution in [0.5, 0.6) is 0 Å². The predicted octanol–water partition coefficient (Wildman–Crippen LogP) is 5.80. The van der Waals surface area contributed by atoms with Crippen molar-refractivity contribution in [3.63, 3.8) is 0 Å². The highest BCUT2D eigenvalue weighted by atomic mass is 16.2. The van der Waals surface area contributed by atoms with E-state index in [1.165, 1.54) is 44.9 Å². The van der Waals surface area contributed by atoms with Gasteiger partial charge in [-0.05, 0) is 110 Å². The molecule has 1 amide bonds. The Hall–Kier alpha value is -2.10. The van der Waals surface area contributed by atoms with Crippen molar-refractivity contribution in [3.8, 4) is 0 Å². The van der Waals surface area contributed by atoms with Crippen molar-refractivity contribution in [2.75, 3.05) is 0 Å². The number of aromatic nitrogens is 1. The van der Waals surface area contributed by atoms with Crippen molar-refractivity contribution in [1.82, 2.24) is 15.8 Å². The summed E-state index contributed by atoms with van der Waals surface area (Å²) in [5.41, 5.74) is 10.3. The molecule has 1 heterocycles. The molecule has 4 aliphatic rings. The Kier molecular flexibility index (Phi) is 5.22. The number of hydrazine groups is 1. The van der Waals surface area contributed by atoms with Gasteiger partial charge in [-0.15, -0.1) is 0 Å². The molecule has 0 bridgehead atoms. The molecule has 0 saturated heterocycles. The number of hydrogen-bond acceptors (Lipinski definition) is 3. The number of nitrogens with zero attached hydrogens (tertiary/aromatic N) is 1. The zero-order valence-electron chi connectivity index (χ0n) is 19.3. The minimum Gasteiger partial charge on any atom is -0.303 e. The van der Waals surface area contributed by atoms with Crippen LogP contribution in [0.15, 0.2) is 47.9 Å². The molecule has 1 aromatic heterocycles. The van der Waals surface area contributed by atoms with Gasteiger partial charge in [0.15, 0.2) is 0 Å². The van der Waals surface area contributed by atoms with Crippen molar-refractivity contribution in [1.29, 1.82) is 0 Å². The largest absolute Gasteiger partial charge is 0.303 e. The van der Waals surface area contributed by atoms with E-state index in [0.29, 0.717) is 11.0 Å². The van der Waals surface area contributed by atoms with E-state index in [0.717, 1.165) is 35.8 Å². The summed E-state index contributed by atoms with van der Waals surface area (Å²) in [6, 6.07) is 3.48. The average Bonchev–Trinajstić information content (AvgIpc) is 3.14. The first kappa shape index (κ1) is 20.8. The summed E-state index contributed by atoms with van der Waals surface area (Å²) >= 11 is 0. The van der Waals surface area contributed by atoms with Gasteiger partial charge in [0, 0.05) is 23.7 Å². The van der Waals surface area contributed by atoms with Gasteiger partial charge >= 0.3 is 0 Å². The molecule has 0 spiro atoms. The molecule has 0 radical (unpaired) electrons. The molecular weight excluding hydrogens is 382 g/mol. The highest BCUT2D eigenvalue weighted by Gasteiger charge is 2.58. The molecule has 31 heavy (non-hydrogen) atoms. The lowest BCUT2D eigenvalue weighted by molar-refractivity contribution is -0.0806. The fraction of sp³-hybridized carbons (Fsp3) is 0.630. The molecule has 0 aromatic carbocycles. The van der Waals surface area contributed by atoms with E-state index in [4.69, 9.17) is 0 Å². The van der Waals surface area contributed by atoms with E-state index in [9.17, 15) is 4.79 Å². The number of rotatable bonds is 3. The second-order valence-corrected chi connectivity index (χ2v) is 11.0. The molecule has 4 heteroatoms. The molecular formula is C27H37N3O. The van der Waals surface area contributed by atoms with Gasteiger partial charge in [0.1, 0.15) is 0 Å². The molecule has 5 rings (SSSR count). The van der Waals surface area contributed by atoms with E-state index in [-0.39, 0.29) is 11.3 Å². The van der Waals surface area contributed by atoms with Crippen LogP contribution in [0.4, 0.5) is 0 Å². The zero-order chi connectivity index (χ0) is 21.6. The number of nitrogens with one attached hydrogen (secondary N) is 2. The minimum atomic E-state index is -0.109. The lowest BCUT2D eigenvalue weighted by atomic mass is 9.46. The standard InChI is InChI=1S/C27H37N3O/c1-18(29-30-25(31)19-12-16-28-17-13-19)22-9-10-23-21-8-7-20-6-4-5-14-26(20,2)24(21)11-15-27(22,23)3/h4-5,12-13,16-17,20-21,23-24,29H,6-11,14-15H2,1-3H3,(H,30,31)/b22-18+/t20-,21+,23+,24+,26+,27-/m1/s1. The van der Waals surface area contributed by atoms with Gasteiger partial charge in [0.2, 0.25) is 0 Å². The second kappa shape index (κ2) is 7.79. The van der Waals surface area contributed by atoms with Gasteiger partial charge in [-0.25, -0.2) is 0 Å². The topological polar surface area (TPSA) is 54.0 Å². The summed E-state index contributed by atoms with van der Waals surface area (Å²) in [6.07, 6.45) is 18.7. The van der Waals surface area contributed by atoms with Crippen LogP contribution in [0.2, 0.25) is 0 Å². The van der Waals surface area contributed by atoms with Crippen LogP contribution >= 0.6 is 0 Å². The highest BCUT2D eigenvalue weighted by molar-refractivity contribution is 5.93. The SMILES string of the molecule is C/C(NNC(=O)c1ccncc1)=C1/CC[C@H]2[C@@H]3CC[C@H]4CC=CC[C@]4(C)[C@H]3CC[C@]12C. The Bertz CT molecular complexity index is 906. The Balaban J connectivity index is 1.33. The van der Waals surface area contributed by atoms with Crippen LogP contribution < -0.4 is 10.9 Å². The van der Waals surface area contributed by atoms with Gasteiger partial charge in [-0.3, -0.25) is 15.2 Å². The van der Waals surface area contributed by atoms with E-state index in [1.54, 1.807) is 30.1 Å². The predicted molar refractivity (Wildman–Crippen MR) is 124 cm³/mol. The number of fused-ring (bicyclic) bond motifs is 5. The fourth-order valence-electron chi connectivity index (χ4n) is 8.07. The first-order valence-corrected chi connectivity index (χ1v) is 12.2. The summed E-state index contributed by atoms with van der Waals surface area (Å²) in [5.74, 6) is 3.32. The van der Waals surface area contributed by atoms with Crippen molar-refractivity contribution in [3.05, 3.63) is 53.5 Å². The lowest BCUT2D eigenvalue weighted by Crippen LogP contribution is -2.51. The maximum absolute atomic E-state index is 12.5. The Labute approximate surface area is 187 Å². The van der Waals surface area contributed by atoms with Crippen LogP contribution in [0.1, 0.15) is 82.5 Å². The van der Waals surface area contributed by atoms with E-state index in [2.05, 4.69) is 48.8 Å². The quantitative estimate of drug-likeness (QED) is 0.481. The third-order valence-corrected chi connectivity index (χ3v) is 9.75. The maximum Gasteiger partial charge on any atom is 0.269 e. The van der Waals surface area contributed by atoms with Crippen molar-refractivity contribution in [2.45, 2.75) is 72.1 Å². The summed E-state index contributed by atoms with van der Waals surface area (Å²) in [4.78, 5) is 16.4. The van der Waals surface area contributed by atoms with Gasteiger partial charge in [0.05, 0.1) is 0 Å². The van der Waals surface area contributed by atoms with Crippen molar-refractivity contribution >= 4 is 5.91 Å². The Morgan fingerprint density at radius 2 is 1.84 bits per heavy atom. The monoisotopic (exact) mass is 419 g/mol. The molecule has 6 atom stereocenters. The molecule has 4 aliphatic carbocycles. The third kappa shape index (κ3) is 3.34. The van der Waals surface area contributed by atoms with E-state index >= 15 is 0 Å². The summed E-state index contributed by atoms with van der Waals surface area (Å²) in [7, 11) is 0. The van der Waals surface area contributed by atoms with Crippen LogP contribution in [0.25, 0.3) is 0 Å². The highest BCUT2D eigenvalue weighted by Crippen LogP contribution is 2.67. The summed E-state index contributed by atoms with van der Waals surface area (Å²) in [6.45, 7) is 7.26. The summed E-state index contributed by atoms with van der Waals surface area (Å²) in [5, 5.41) is 0. The first-order chi connectivity index (χ1) is 14.9. The number of carbonyl (C=O) groups excluding carboxylic acids is 1. The van der Waals surface area contributed by atoms with Gasteiger partial charge < -0.3 is 5.43 Å². The molecule has 3 fully saturated rings. The van der Waals surface area contributed by atoms with E-state index in [1.807, 2.05) is 0 Å². The number of amides is 1. The first-order valence-electron chi connectivity index (χ1n) is 12.2. The van der Waals surface area contributed by atoms with Crippen molar-refractivity contribution in [2.24, 2.45) is 34.5 Å². The lowest BCUT2D eigenvalue weighted by Gasteiger charge is -2.59. The minimum absolute atomic E-state index is 0.109. The fourth-order valence-corrected chi connectivity index (χ4v) is 8.07. The number of carbonyl (C=O) groups is 1. The molecule has 2 N–H and O–H groups in total. The van der Waals surface area contributed by atoms with Gasteiger partial charge in [-0.1, -0.05) is 26.0 Å². The smallest absolute Gasteiger partial charge is 0.269 e. The maximum atomic E-state index is 12.5. The molecule has 0 aliphatic heterocycles. The number of allylic oxidation sites excluding steroid dienone is 4. The molecule has 3 saturated carbocycles. The van der Waals surface area contributed by atoms with Gasteiger partial charge in [0.25, 0.3) is 5.91 Å². The zero-order valence-corrected chi connectivity index (χ0v) is 19.3. The number of pyridine rings is 1. The van der Waals surface area contributed by atoms with Crippen LogP contribution in [-0.4, -0.2) is 10.9 Å². The van der Waals surface area contributed by atoms with Crippen LogP contribution in [0.3, 0.4) is 0 Å². The molecule has 166 valence electrons. The molecule has 4 nitrogen and oxygen atoms in total. The Morgan fingerprint density at radius 3 is 2.65 bits per heavy atom. The number of hydrogen-bond donors (Lipinski definition) is 2. The van der Waals surface area contributed by atoms with Crippen LogP contribution in [0, 0.1) is 34.5 Å². The van der Waals surface area contributed by atoms with Crippen LogP contribution in [-0.2, 0) is 0 Å². The normalized spacial score (nSPS) is 40.4.